The van der Waals surface area contributed by atoms with Gasteiger partial charge in [0.1, 0.15) is 16.5 Å². The van der Waals surface area contributed by atoms with Gasteiger partial charge in [0.2, 0.25) is 0 Å². The van der Waals surface area contributed by atoms with Crippen LogP contribution in [0.1, 0.15) is 0 Å². The molecule has 2 aromatic carbocycles. The van der Waals surface area contributed by atoms with Crippen molar-refractivity contribution in [3.8, 4) is 17.0 Å². The summed E-state index contributed by atoms with van der Waals surface area (Å²) in [6.45, 7) is -0.533. The summed E-state index contributed by atoms with van der Waals surface area (Å²) in [4.78, 5) is 20.8. The minimum Gasteiger partial charge on any atom is -0.480 e. The van der Waals surface area contributed by atoms with E-state index in [0.29, 0.717) is 16.6 Å². The number of hydrogen-bond donors (Lipinski definition) is 1. The second-order valence-corrected chi connectivity index (χ2v) is 5.15. The van der Waals surface area contributed by atoms with Gasteiger partial charge in [-0.3, -0.25) is 10.1 Å². The molecule has 122 valence electrons. The molecule has 1 heterocycles. The number of non-ortho nitro benzene ring substituents is 1. The molecule has 8 nitrogen and oxygen atoms in total. The molecular weight excluding hydrogens is 340 g/mol. The average molecular weight is 349 g/mol. The molecule has 0 unspecified atom stereocenters. The molecule has 0 fully saturated rings. The third-order valence-corrected chi connectivity index (χ3v) is 3.61. The molecule has 0 bridgehead atoms. The quantitative estimate of drug-likeness (QED) is 0.553. The smallest absolute Gasteiger partial charge is 0.341 e. The molecule has 0 atom stereocenters. The summed E-state index contributed by atoms with van der Waals surface area (Å²) in [5.74, 6) is -0.965. The molecule has 9 heteroatoms. The third kappa shape index (κ3) is 2.86. The molecule has 1 aromatic heterocycles. The van der Waals surface area contributed by atoms with E-state index < -0.39 is 17.5 Å². The second kappa shape index (κ2) is 6.17. The maximum atomic E-state index is 10.7. The number of fused-ring (bicyclic) bond motifs is 1. The number of nitrogens with zero attached hydrogens (tertiary/aromatic N) is 2. The highest BCUT2D eigenvalue weighted by Crippen LogP contribution is 2.37. The van der Waals surface area contributed by atoms with E-state index in [4.69, 9.17) is 26.0 Å². The van der Waals surface area contributed by atoms with Gasteiger partial charge in [-0.25, -0.2) is 4.79 Å². The Hall–Kier alpha value is -3.13. The van der Waals surface area contributed by atoms with Gasteiger partial charge in [0, 0.05) is 17.7 Å². The van der Waals surface area contributed by atoms with Crippen LogP contribution in [0.5, 0.6) is 5.75 Å². The molecular formula is C15H9ClN2O6. The van der Waals surface area contributed by atoms with E-state index in [1.54, 1.807) is 18.2 Å². The Bertz CT molecular complexity index is 935. The van der Waals surface area contributed by atoms with Crippen molar-refractivity contribution in [2.24, 2.45) is 0 Å². The van der Waals surface area contributed by atoms with Crippen molar-refractivity contribution in [1.82, 2.24) is 5.16 Å². The van der Waals surface area contributed by atoms with Crippen LogP contribution in [-0.2, 0) is 4.79 Å². The maximum absolute atomic E-state index is 10.7. The van der Waals surface area contributed by atoms with E-state index in [9.17, 15) is 14.9 Å². The number of carboxylic acid groups (broad SMARTS) is 1. The van der Waals surface area contributed by atoms with E-state index in [2.05, 4.69) is 5.16 Å². The Kier molecular flexibility index (Phi) is 4.05. The Balaban J connectivity index is 2.00. The first-order valence-electron chi connectivity index (χ1n) is 6.64. The molecule has 0 saturated carbocycles. The highest BCUT2D eigenvalue weighted by Gasteiger charge is 2.17. The molecule has 3 rings (SSSR count). The number of carbonyl (C=O) groups is 1. The second-order valence-electron chi connectivity index (χ2n) is 4.77. The predicted molar refractivity (Wildman–Crippen MR) is 84.2 cm³/mol. The van der Waals surface area contributed by atoms with Crippen molar-refractivity contribution in [3.63, 3.8) is 0 Å². The standard InChI is InChI=1S/C15H9ClN2O6/c16-13-11(23-7-12(19)20)6-5-10-14(17-24-15(10)13)8-1-3-9(4-2-8)18(21)22/h1-6H,7H2,(H,19,20). The molecule has 0 aliphatic rings. The average Bonchev–Trinajstić information content (AvgIpc) is 2.99. The molecule has 0 amide bonds. The SMILES string of the molecule is O=C(O)COc1ccc2c(-c3ccc([N+](=O)[O-])cc3)noc2c1Cl. The minimum atomic E-state index is -1.13. The van der Waals surface area contributed by atoms with Gasteiger partial charge in [0.25, 0.3) is 5.69 Å². The zero-order valence-corrected chi connectivity index (χ0v) is 12.7. The number of ether oxygens (including phenoxy) is 1. The van der Waals surface area contributed by atoms with Crippen molar-refractivity contribution in [3.05, 3.63) is 51.5 Å². The Morgan fingerprint density at radius 3 is 2.62 bits per heavy atom. The summed E-state index contributed by atoms with van der Waals surface area (Å²) in [6, 6.07) is 8.98. The van der Waals surface area contributed by atoms with Crippen LogP contribution in [0.15, 0.2) is 40.9 Å². The summed E-state index contributed by atoms with van der Waals surface area (Å²) in [5, 5.41) is 24.0. The number of hydrogen-bond acceptors (Lipinski definition) is 6. The van der Waals surface area contributed by atoms with Gasteiger partial charge in [-0.05, 0) is 24.3 Å². The van der Waals surface area contributed by atoms with Crippen LogP contribution in [0, 0.1) is 10.1 Å². The molecule has 1 N–H and O–H groups in total. The topological polar surface area (TPSA) is 116 Å². The molecule has 0 saturated heterocycles. The summed E-state index contributed by atoms with van der Waals surface area (Å²) >= 11 is 6.15. The summed E-state index contributed by atoms with van der Waals surface area (Å²) in [7, 11) is 0. The van der Waals surface area contributed by atoms with Crippen LogP contribution in [-0.4, -0.2) is 27.8 Å². The Morgan fingerprint density at radius 1 is 1.29 bits per heavy atom. The van der Waals surface area contributed by atoms with Gasteiger partial charge in [0.15, 0.2) is 12.2 Å². The zero-order chi connectivity index (χ0) is 17.3. The van der Waals surface area contributed by atoms with Crippen LogP contribution >= 0.6 is 11.6 Å². The number of aromatic nitrogens is 1. The lowest BCUT2D eigenvalue weighted by molar-refractivity contribution is -0.384. The predicted octanol–water partition coefficient (Wildman–Crippen LogP) is 3.52. The van der Waals surface area contributed by atoms with Crippen molar-refractivity contribution >= 4 is 34.2 Å². The van der Waals surface area contributed by atoms with Gasteiger partial charge in [-0.15, -0.1) is 0 Å². The number of benzene rings is 2. The van der Waals surface area contributed by atoms with E-state index in [1.165, 1.54) is 18.2 Å². The number of rotatable bonds is 5. The number of halogens is 1. The van der Waals surface area contributed by atoms with E-state index in [1.807, 2.05) is 0 Å². The van der Waals surface area contributed by atoms with E-state index in [0.717, 1.165) is 0 Å². The molecule has 24 heavy (non-hydrogen) atoms. The first-order valence-corrected chi connectivity index (χ1v) is 7.02. The minimum absolute atomic E-state index is 0.0334. The molecule has 0 radical (unpaired) electrons. The Morgan fingerprint density at radius 2 is 2.00 bits per heavy atom. The lowest BCUT2D eigenvalue weighted by atomic mass is 10.1. The first-order chi connectivity index (χ1) is 11.5. The number of nitro groups is 1. The van der Waals surface area contributed by atoms with Crippen LogP contribution in [0.2, 0.25) is 5.02 Å². The fourth-order valence-corrected chi connectivity index (χ4v) is 2.41. The molecule has 3 aromatic rings. The summed E-state index contributed by atoms with van der Waals surface area (Å²) < 4.78 is 10.3. The zero-order valence-electron chi connectivity index (χ0n) is 11.9. The van der Waals surface area contributed by atoms with E-state index >= 15 is 0 Å². The van der Waals surface area contributed by atoms with E-state index in [-0.39, 0.29) is 22.0 Å². The van der Waals surface area contributed by atoms with Gasteiger partial charge in [-0.2, -0.15) is 0 Å². The van der Waals surface area contributed by atoms with Crippen LogP contribution < -0.4 is 4.74 Å². The fourth-order valence-electron chi connectivity index (χ4n) is 2.15. The van der Waals surface area contributed by atoms with Crippen LogP contribution in [0.3, 0.4) is 0 Å². The number of nitro benzene ring substituents is 1. The monoisotopic (exact) mass is 348 g/mol. The van der Waals surface area contributed by atoms with Crippen molar-refractivity contribution in [2.45, 2.75) is 0 Å². The fraction of sp³-hybridized carbons (Fsp3) is 0.0667. The van der Waals surface area contributed by atoms with Crippen molar-refractivity contribution in [1.29, 1.82) is 0 Å². The lowest BCUT2D eigenvalue weighted by Crippen LogP contribution is -2.09. The van der Waals surface area contributed by atoms with Crippen LogP contribution in [0.4, 0.5) is 5.69 Å². The maximum Gasteiger partial charge on any atom is 0.341 e. The van der Waals surface area contributed by atoms with Gasteiger partial charge in [-0.1, -0.05) is 16.8 Å². The molecule has 0 aliphatic heterocycles. The van der Waals surface area contributed by atoms with Crippen molar-refractivity contribution < 1.29 is 24.1 Å². The highest BCUT2D eigenvalue weighted by atomic mass is 35.5. The summed E-state index contributed by atoms with van der Waals surface area (Å²) in [5.41, 5.74) is 1.29. The van der Waals surface area contributed by atoms with Gasteiger partial charge >= 0.3 is 5.97 Å². The normalized spacial score (nSPS) is 10.7. The molecule has 0 aliphatic carbocycles. The largest absolute Gasteiger partial charge is 0.480 e. The van der Waals surface area contributed by atoms with Crippen LogP contribution in [0.25, 0.3) is 22.2 Å². The first kappa shape index (κ1) is 15.8. The Labute approximate surface area is 139 Å². The van der Waals surface area contributed by atoms with Gasteiger partial charge < -0.3 is 14.4 Å². The summed E-state index contributed by atoms with van der Waals surface area (Å²) in [6.07, 6.45) is 0. The third-order valence-electron chi connectivity index (χ3n) is 3.25. The molecule has 0 spiro atoms. The highest BCUT2D eigenvalue weighted by molar-refractivity contribution is 6.36. The lowest BCUT2D eigenvalue weighted by Gasteiger charge is -2.05. The van der Waals surface area contributed by atoms with Crippen molar-refractivity contribution in [2.75, 3.05) is 6.61 Å². The number of aliphatic carboxylic acids is 1. The number of carboxylic acids is 1. The van der Waals surface area contributed by atoms with Gasteiger partial charge in [0.05, 0.1) is 10.3 Å².